The third-order valence-electron chi connectivity index (χ3n) is 3.47. The van der Waals surface area contributed by atoms with E-state index in [0.29, 0.717) is 0 Å². The molecule has 1 aliphatic rings. The molecule has 0 bridgehead atoms. The van der Waals surface area contributed by atoms with Gasteiger partial charge in [-0.15, -0.1) is 12.4 Å². The maximum absolute atomic E-state index is 12.2. The number of halogens is 1. The number of hydrogen-bond acceptors (Lipinski definition) is 3. The normalized spacial score (nSPS) is 18.0. The Morgan fingerprint density at radius 2 is 2.19 bits per heavy atom. The van der Waals surface area contributed by atoms with Gasteiger partial charge in [0.15, 0.2) is 0 Å². The van der Waals surface area contributed by atoms with Crippen LogP contribution in [0.4, 0.5) is 5.69 Å². The lowest BCUT2D eigenvalue weighted by atomic mass is 9.99. The number of anilines is 1. The summed E-state index contributed by atoms with van der Waals surface area (Å²) in [7, 11) is 0. The van der Waals surface area contributed by atoms with E-state index in [0.717, 1.165) is 42.9 Å². The van der Waals surface area contributed by atoms with Crippen LogP contribution >= 0.6 is 12.4 Å². The Kier molecular flexibility index (Phi) is 6.99. The Balaban J connectivity index is 0.00000220. The number of nitrogens with one attached hydrogen (secondary N) is 2. The van der Waals surface area contributed by atoms with E-state index in [1.165, 1.54) is 0 Å². The zero-order chi connectivity index (χ0) is 14.5. The number of ether oxygens (including phenoxy) is 1. The highest BCUT2D eigenvalue weighted by Crippen LogP contribution is 2.23. The quantitative estimate of drug-likeness (QED) is 0.898. The fraction of sp³-hybridized carbons (Fsp3) is 0.562. The zero-order valence-corrected chi connectivity index (χ0v) is 13.8. The number of amides is 1. The Hall–Kier alpha value is -1.26. The first-order valence-electron chi connectivity index (χ1n) is 7.35. The second kappa shape index (κ2) is 8.25. The van der Waals surface area contributed by atoms with Crippen molar-refractivity contribution >= 4 is 24.0 Å². The molecule has 2 rings (SSSR count). The van der Waals surface area contributed by atoms with Crippen LogP contribution < -0.4 is 15.4 Å². The fourth-order valence-electron chi connectivity index (χ4n) is 2.43. The van der Waals surface area contributed by atoms with Gasteiger partial charge in [-0.2, -0.15) is 0 Å². The Labute approximate surface area is 133 Å². The molecule has 5 heteroatoms. The molecule has 4 nitrogen and oxygen atoms in total. The standard InChI is InChI=1S/C16H24N2O2.ClH/c1-11(2)20-15-7-6-14(9-12(15)3)18-16(19)13-5-4-8-17-10-13;/h6-7,9,11,13,17H,4-5,8,10H2,1-3H3,(H,18,19);1H. The van der Waals surface area contributed by atoms with E-state index in [9.17, 15) is 4.79 Å². The summed E-state index contributed by atoms with van der Waals surface area (Å²) in [5, 5.41) is 6.26. The minimum Gasteiger partial charge on any atom is -0.491 e. The van der Waals surface area contributed by atoms with Crippen LogP contribution in [0.2, 0.25) is 0 Å². The maximum Gasteiger partial charge on any atom is 0.228 e. The maximum atomic E-state index is 12.2. The van der Waals surface area contributed by atoms with Gasteiger partial charge in [-0.1, -0.05) is 0 Å². The predicted molar refractivity (Wildman–Crippen MR) is 88.4 cm³/mol. The highest BCUT2D eigenvalue weighted by atomic mass is 35.5. The summed E-state index contributed by atoms with van der Waals surface area (Å²) in [6.45, 7) is 7.80. The third kappa shape index (κ3) is 5.21. The zero-order valence-electron chi connectivity index (χ0n) is 12.9. The first kappa shape index (κ1) is 17.8. The molecule has 1 heterocycles. The molecule has 1 saturated heterocycles. The summed E-state index contributed by atoms with van der Waals surface area (Å²) in [6.07, 6.45) is 2.19. The largest absolute Gasteiger partial charge is 0.491 e. The molecule has 0 spiro atoms. The number of rotatable bonds is 4. The molecule has 2 N–H and O–H groups in total. The van der Waals surface area contributed by atoms with E-state index in [2.05, 4.69) is 10.6 Å². The minimum atomic E-state index is 0. The molecule has 0 aliphatic carbocycles. The number of benzene rings is 1. The predicted octanol–water partition coefficient (Wildman–Crippen LogP) is 3.14. The van der Waals surface area contributed by atoms with Crippen molar-refractivity contribution in [2.75, 3.05) is 18.4 Å². The number of hydrogen-bond donors (Lipinski definition) is 2. The topological polar surface area (TPSA) is 50.4 Å². The van der Waals surface area contributed by atoms with Crippen LogP contribution in [0.5, 0.6) is 5.75 Å². The average molecular weight is 313 g/mol. The molecular weight excluding hydrogens is 288 g/mol. The van der Waals surface area contributed by atoms with E-state index in [1.54, 1.807) is 0 Å². The summed E-state index contributed by atoms with van der Waals surface area (Å²) in [6, 6.07) is 5.79. The Morgan fingerprint density at radius 3 is 2.76 bits per heavy atom. The van der Waals surface area contributed by atoms with Crippen molar-refractivity contribution in [3.05, 3.63) is 23.8 Å². The summed E-state index contributed by atoms with van der Waals surface area (Å²) >= 11 is 0. The summed E-state index contributed by atoms with van der Waals surface area (Å²) in [4.78, 5) is 12.2. The van der Waals surface area contributed by atoms with Crippen molar-refractivity contribution in [2.24, 2.45) is 5.92 Å². The van der Waals surface area contributed by atoms with Gasteiger partial charge in [-0.25, -0.2) is 0 Å². The molecule has 1 atom stereocenters. The molecule has 21 heavy (non-hydrogen) atoms. The van der Waals surface area contributed by atoms with Gasteiger partial charge in [0.2, 0.25) is 5.91 Å². The van der Waals surface area contributed by atoms with Gasteiger partial charge in [0.05, 0.1) is 12.0 Å². The molecule has 0 aromatic heterocycles. The van der Waals surface area contributed by atoms with Crippen molar-refractivity contribution in [2.45, 2.75) is 39.7 Å². The number of carbonyl (C=O) groups is 1. The van der Waals surface area contributed by atoms with Crippen LogP contribution in [0.15, 0.2) is 18.2 Å². The molecule has 0 radical (unpaired) electrons. The molecule has 1 aromatic rings. The van der Waals surface area contributed by atoms with Gasteiger partial charge in [0.1, 0.15) is 5.75 Å². The van der Waals surface area contributed by atoms with Gasteiger partial charge >= 0.3 is 0 Å². The van der Waals surface area contributed by atoms with Crippen LogP contribution in [0.25, 0.3) is 0 Å². The van der Waals surface area contributed by atoms with Crippen molar-refractivity contribution in [1.29, 1.82) is 0 Å². The highest BCUT2D eigenvalue weighted by molar-refractivity contribution is 5.92. The molecular formula is C16H25ClN2O2. The van der Waals surface area contributed by atoms with Crippen LogP contribution in [0.3, 0.4) is 0 Å². The van der Waals surface area contributed by atoms with Crippen LogP contribution in [-0.4, -0.2) is 25.1 Å². The van der Waals surface area contributed by atoms with E-state index < -0.39 is 0 Å². The van der Waals surface area contributed by atoms with Gasteiger partial charge in [-0.05, 0) is 63.9 Å². The summed E-state index contributed by atoms with van der Waals surface area (Å²) in [5.74, 6) is 1.06. The first-order chi connectivity index (χ1) is 9.56. The molecule has 1 unspecified atom stereocenters. The lowest BCUT2D eigenvalue weighted by Crippen LogP contribution is -2.37. The van der Waals surface area contributed by atoms with E-state index in [4.69, 9.17) is 4.74 Å². The van der Waals surface area contributed by atoms with Gasteiger partial charge in [0.25, 0.3) is 0 Å². The molecule has 1 aromatic carbocycles. The highest BCUT2D eigenvalue weighted by Gasteiger charge is 2.20. The van der Waals surface area contributed by atoms with Crippen LogP contribution in [-0.2, 0) is 4.79 Å². The van der Waals surface area contributed by atoms with Crippen molar-refractivity contribution in [3.63, 3.8) is 0 Å². The van der Waals surface area contributed by atoms with E-state index in [1.807, 2.05) is 39.0 Å². The SMILES string of the molecule is Cc1cc(NC(=O)C2CCCNC2)ccc1OC(C)C.Cl. The number of aryl methyl sites for hydroxylation is 1. The van der Waals surface area contributed by atoms with Crippen molar-refractivity contribution < 1.29 is 9.53 Å². The van der Waals surface area contributed by atoms with Gasteiger partial charge < -0.3 is 15.4 Å². The third-order valence-corrected chi connectivity index (χ3v) is 3.47. The number of carbonyl (C=O) groups excluding carboxylic acids is 1. The lowest BCUT2D eigenvalue weighted by molar-refractivity contribution is -0.120. The number of piperidine rings is 1. The fourth-order valence-corrected chi connectivity index (χ4v) is 2.43. The first-order valence-corrected chi connectivity index (χ1v) is 7.35. The van der Waals surface area contributed by atoms with Gasteiger partial charge in [0, 0.05) is 12.2 Å². The molecule has 1 amide bonds. The van der Waals surface area contributed by atoms with Crippen LogP contribution in [0.1, 0.15) is 32.3 Å². The van der Waals surface area contributed by atoms with Gasteiger partial charge in [-0.3, -0.25) is 4.79 Å². The van der Waals surface area contributed by atoms with E-state index >= 15 is 0 Å². The van der Waals surface area contributed by atoms with Crippen LogP contribution in [0, 0.1) is 12.8 Å². The Morgan fingerprint density at radius 1 is 1.43 bits per heavy atom. The molecule has 0 saturated carbocycles. The second-order valence-corrected chi connectivity index (χ2v) is 5.68. The van der Waals surface area contributed by atoms with E-state index in [-0.39, 0.29) is 30.3 Å². The second-order valence-electron chi connectivity index (χ2n) is 5.68. The Bertz CT molecular complexity index is 471. The molecule has 1 aliphatic heterocycles. The van der Waals surface area contributed by atoms with Crippen molar-refractivity contribution in [3.8, 4) is 5.75 Å². The van der Waals surface area contributed by atoms with Crippen molar-refractivity contribution in [1.82, 2.24) is 5.32 Å². The average Bonchev–Trinajstić information content (AvgIpc) is 2.42. The smallest absolute Gasteiger partial charge is 0.228 e. The summed E-state index contributed by atoms with van der Waals surface area (Å²) < 4.78 is 5.70. The lowest BCUT2D eigenvalue weighted by Gasteiger charge is -2.22. The monoisotopic (exact) mass is 312 g/mol. The summed E-state index contributed by atoms with van der Waals surface area (Å²) in [5.41, 5.74) is 1.88. The molecule has 118 valence electrons. The molecule has 1 fully saturated rings. The minimum absolute atomic E-state index is 0.